The molecule has 110 valence electrons. The molecule has 2 aromatic carbocycles. The van der Waals surface area contributed by atoms with Gasteiger partial charge in [0.2, 0.25) is 0 Å². The summed E-state index contributed by atoms with van der Waals surface area (Å²) in [5.41, 5.74) is 1.30. The van der Waals surface area contributed by atoms with Crippen molar-refractivity contribution in [1.29, 1.82) is 0 Å². The lowest BCUT2D eigenvalue weighted by molar-refractivity contribution is 0.0697. The molecule has 1 N–H and O–H groups in total. The Bertz CT molecular complexity index is 886. The van der Waals surface area contributed by atoms with E-state index in [0.29, 0.717) is 16.5 Å². The van der Waals surface area contributed by atoms with Gasteiger partial charge >= 0.3 is 5.97 Å². The summed E-state index contributed by atoms with van der Waals surface area (Å²) in [5.74, 6) is -2.51. The molecule has 3 nitrogen and oxygen atoms in total. The zero-order valence-corrected chi connectivity index (χ0v) is 11.6. The number of benzene rings is 2. The van der Waals surface area contributed by atoms with Crippen LogP contribution in [0.2, 0.25) is 0 Å². The van der Waals surface area contributed by atoms with Gasteiger partial charge in [-0.2, -0.15) is 0 Å². The van der Waals surface area contributed by atoms with Crippen molar-refractivity contribution in [3.63, 3.8) is 0 Å². The predicted molar refractivity (Wildman–Crippen MR) is 78.8 cm³/mol. The van der Waals surface area contributed by atoms with Crippen LogP contribution >= 0.6 is 0 Å². The van der Waals surface area contributed by atoms with Crippen LogP contribution in [0, 0.1) is 18.6 Å². The maximum absolute atomic E-state index is 14.0. The van der Waals surface area contributed by atoms with Crippen LogP contribution in [-0.4, -0.2) is 16.1 Å². The zero-order valence-electron chi connectivity index (χ0n) is 11.6. The first-order valence-electron chi connectivity index (χ1n) is 6.56. The summed E-state index contributed by atoms with van der Waals surface area (Å²) in [6.45, 7) is 1.71. The Kier molecular flexibility index (Phi) is 3.33. The highest BCUT2D eigenvalue weighted by Crippen LogP contribution is 2.33. The van der Waals surface area contributed by atoms with E-state index in [0.717, 1.165) is 0 Å². The first kappa shape index (κ1) is 14.1. The molecule has 0 fully saturated rings. The molecule has 0 radical (unpaired) electrons. The van der Waals surface area contributed by atoms with Crippen LogP contribution in [0.4, 0.5) is 8.78 Å². The van der Waals surface area contributed by atoms with Gasteiger partial charge < -0.3 is 5.11 Å². The van der Waals surface area contributed by atoms with Gasteiger partial charge in [-0.25, -0.2) is 13.6 Å². The Labute approximate surface area is 124 Å². The molecule has 1 aromatic heterocycles. The molecular weight excluding hydrogens is 288 g/mol. The molecule has 0 atom stereocenters. The standard InChI is InChI=1S/C17H11F2NO2/c1-9-7-10(17(21)22)8-12-11(5-6-20-16(9)12)15-13(18)3-2-4-14(15)19/h2-8H,1H3,(H,21,22). The van der Waals surface area contributed by atoms with E-state index in [4.69, 9.17) is 0 Å². The highest BCUT2D eigenvalue weighted by molar-refractivity contribution is 6.01. The molecule has 0 unspecified atom stereocenters. The summed E-state index contributed by atoms with van der Waals surface area (Å²) in [6.07, 6.45) is 1.46. The number of hydrogen-bond acceptors (Lipinski definition) is 2. The SMILES string of the molecule is Cc1cc(C(=O)O)cc2c(-c3c(F)cccc3F)ccnc12. The summed E-state index contributed by atoms with van der Waals surface area (Å²) in [6, 6.07) is 7.97. The van der Waals surface area contributed by atoms with Crippen molar-refractivity contribution < 1.29 is 18.7 Å². The number of aromatic carboxylic acids is 1. The number of nitrogens with zero attached hydrogens (tertiary/aromatic N) is 1. The van der Waals surface area contributed by atoms with Crippen molar-refractivity contribution in [2.45, 2.75) is 6.92 Å². The average molecular weight is 299 g/mol. The predicted octanol–water partition coefficient (Wildman–Crippen LogP) is 4.19. The number of carboxylic acids is 1. The van der Waals surface area contributed by atoms with Gasteiger partial charge in [-0.05, 0) is 48.4 Å². The number of fused-ring (bicyclic) bond motifs is 1. The minimum atomic E-state index is -1.10. The van der Waals surface area contributed by atoms with Crippen LogP contribution in [0.25, 0.3) is 22.0 Å². The number of halogens is 2. The highest BCUT2D eigenvalue weighted by atomic mass is 19.1. The second kappa shape index (κ2) is 5.18. The van der Waals surface area contributed by atoms with Crippen molar-refractivity contribution in [2.24, 2.45) is 0 Å². The van der Waals surface area contributed by atoms with E-state index in [1.165, 1.54) is 42.6 Å². The fraction of sp³-hybridized carbons (Fsp3) is 0.0588. The first-order valence-corrected chi connectivity index (χ1v) is 6.56. The minimum absolute atomic E-state index is 0.0518. The van der Waals surface area contributed by atoms with Gasteiger partial charge in [0.05, 0.1) is 16.6 Å². The van der Waals surface area contributed by atoms with E-state index in [9.17, 15) is 18.7 Å². The largest absolute Gasteiger partial charge is 0.478 e. The third kappa shape index (κ3) is 2.20. The number of aromatic nitrogens is 1. The van der Waals surface area contributed by atoms with Gasteiger partial charge in [0, 0.05) is 11.6 Å². The van der Waals surface area contributed by atoms with Gasteiger partial charge in [-0.1, -0.05) is 6.07 Å². The number of rotatable bonds is 2. The number of pyridine rings is 1. The molecule has 0 aliphatic rings. The number of carboxylic acid groups (broad SMARTS) is 1. The van der Waals surface area contributed by atoms with Crippen LogP contribution in [0.5, 0.6) is 0 Å². The molecule has 0 aliphatic carbocycles. The topological polar surface area (TPSA) is 50.2 Å². The fourth-order valence-corrected chi connectivity index (χ4v) is 2.53. The molecule has 0 bridgehead atoms. The fourth-order valence-electron chi connectivity index (χ4n) is 2.53. The molecule has 3 aromatic rings. The van der Waals surface area contributed by atoms with Crippen LogP contribution in [0.1, 0.15) is 15.9 Å². The molecule has 0 saturated heterocycles. The monoisotopic (exact) mass is 299 g/mol. The maximum atomic E-state index is 14.0. The second-order valence-corrected chi connectivity index (χ2v) is 4.95. The Hall–Kier alpha value is -2.82. The lowest BCUT2D eigenvalue weighted by Crippen LogP contribution is -1.99. The molecular formula is C17H11F2NO2. The smallest absolute Gasteiger partial charge is 0.335 e. The molecule has 5 heteroatoms. The third-order valence-corrected chi connectivity index (χ3v) is 3.51. The van der Waals surface area contributed by atoms with E-state index in [-0.39, 0.29) is 16.7 Å². The normalized spacial score (nSPS) is 10.9. The van der Waals surface area contributed by atoms with Gasteiger partial charge in [0.15, 0.2) is 0 Å². The second-order valence-electron chi connectivity index (χ2n) is 4.95. The molecule has 0 saturated carbocycles. The quantitative estimate of drug-likeness (QED) is 0.772. The number of carbonyl (C=O) groups is 1. The van der Waals surface area contributed by atoms with Gasteiger partial charge in [0.1, 0.15) is 11.6 Å². The molecule has 0 spiro atoms. The molecule has 3 rings (SSSR count). The van der Waals surface area contributed by atoms with Crippen molar-refractivity contribution >= 4 is 16.9 Å². The van der Waals surface area contributed by atoms with Crippen LogP contribution in [-0.2, 0) is 0 Å². The van der Waals surface area contributed by atoms with Gasteiger partial charge in [-0.15, -0.1) is 0 Å². The Morgan fingerprint density at radius 1 is 1.14 bits per heavy atom. The van der Waals surface area contributed by atoms with E-state index in [1.807, 2.05) is 0 Å². The average Bonchev–Trinajstić information content (AvgIpc) is 2.47. The first-order chi connectivity index (χ1) is 10.5. The number of aryl methyl sites for hydroxylation is 1. The Morgan fingerprint density at radius 3 is 2.45 bits per heavy atom. The molecule has 0 aliphatic heterocycles. The third-order valence-electron chi connectivity index (χ3n) is 3.51. The lowest BCUT2D eigenvalue weighted by atomic mass is 9.97. The van der Waals surface area contributed by atoms with E-state index in [1.54, 1.807) is 6.92 Å². The Morgan fingerprint density at radius 2 is 1.82 bits per heavy atom. The lowest BCUT2D eigenvalue weighted by Gasteiger charge is -2.11. The molecule has 1 heterocycles. The van der Waals surface area contributed by atoms with Gasteiger partial charge in [0.25, 0.3) is 0 Å². The van der Waals surface area contributed by atoms with E-state index >= 15 is 0 Å². The van der Waals surface area contributed by atoms with Crippen molar-refractivity contribution in [3.8, 4) is 11.1 Å². The molecule has 0 amide bonds. The van der Waals surface area contributed by atoms with Crippen molar-refractivity contribution in [1.82, 2.24) is 4.98 Å². The molecule has 22 heavy (non-hydrogen) atoms. The van der Waals surface area contributed by atoms with E-state index in [2.05, 4.69) is 4.98 Å². The highest BCUT2D eigenvalue weighted by Gasteiger charge is 2.16. The van der Waals surface area contributed by atoms with Crippen molar-refractivity contribution in [2.75, 3.05) is 0 Å². The van der Waals surface area contributed by atoms with E-state index < -0.39 is 17.6 Å². The number of hydrogen-bond donors (Lipinski definition) is 1. The summed E-state index contributed by atoms with van der Waals surface area (Å²) in [5, 5.41) is 9.58. The Balaban J connectivity index is 2.42. The van der Waals surface area contributed by atoms with Crippen molar-refractivity contribution in [3.05, 3.63) is 65.4 Å². The zero-order chi connectivity index (χ0) is 15.9. The van der Waals surface area contributed by atoms with Crippen LogP contribution in [0.3, 0.4) is 0 Å². The van der Waals surface area contributed by atoms with Crippen LogP contribution in [0.15, 0.2) is 42.6 Å². The summed E-state index contributed by atoms with van der Waals surface area (Å²) in [7, 11) is 0. The minimum Gasteiger partial charge on any atom is -0.478 e. The summed E-state index contributed by atoms with van der Waals surface area (Å²) >= 11 is 0. The van der Waals surface area contributed by atoms with Crippen LogP contribution < -0.4 is 0 Å². The van der Waals surface area contributed by atoms with Gasteiger partial charge in [-0.3, -0.25) is 4.98 Å². The summed E-state index contributed by atoms with van der Waals surface area (Å²) in [4.78, 5) is 15.4. The summed E-state index contributed by atoms with van der Waals surface area (Å²) < 4.78 is 28.1. The maximum Gasteiger partial charge on any atom is 0.335 e.